The number of furan rings is 1. The molecule has 1 aromatic heterocycles. The van der Waals surface area contributed by atoms with Crippen molar-refractivity contribution in [3.63, 3.8) is 0 Å². The molecule has 1 atom stereocenters. The van der Waals surface area contributed by atoms with E-state index in [1.807, 2.05) is 13.3 Å². The average Bonchev–Trinajstić information content (AvgIpc) is 2.81. The van der Waals surface area contributed by atoms with E-state index < -0.39 is 0 Å². The predicted molar refractivity (Wildman–Crippen MR) is 61.7 cm³/mol. The Hall–Kier alpha value is -0.760. The molecule has 0 bridgehead atoms. The van der Waals surface area contributed by atoms with E-state index in [-0.39, 0.29) is 0 Å². The van der Waals surface area contributed by atoms with E-state index in [0.29, 0.717) is 6.04 Å². The van der Waals surface area contributed by atoms with Crippen LogP contribution in [-0.2, 0) is 0 Å². The highest BCUT2D eigenvalue weighted by atomic mass is 16.3. The number of rotatable bonds is 4. The van der Waals surface area contributed by atoms with E-state index in [2.05, 4.69) is 11.4 Å². The topological polar surface area (TPSA) is 25.2 Å². The minimum Gasteiger partial charge on any atom is -0.472 e. The van der Waals surface area contributed by atoms with Gasteiger partial charge < -0.3 is 9.73 Å². The molecule has 84 valence electrons. The molecular formula is C13H21NO. The second kappa shape index (κ2) is 5.36. The molecule has 15 heavy (non-hydrogen) atoms. The summed E-state index contributed by atoms with van der Waals surface area (Å²) in [5.74, 6) is 0.908. The third kappa shape index (κ3) is 2.85. The van der Waals surface area contributed by atoms with Crippen molar-refractivity contribution in [1.82, 2.24) is 5.32 Å². The maximum absolute atomic E-state index is 5.15. The molecule has 2 rings (SSSR count). The summed E-state index contributed by atoms with van der Waals surface area (Å²) < 4.78 is 5.15. The first kappa shape index (κ1) is 10.7. The normalized spacial score (nSPS) is 20.3. The third-order valence-corrected chi connectivity index (χ3v) is 3.59. The van der Waals surface area contributed by atoms with Gasteiger partial charge in [-0.3, -0.25) is 0 Å². The summed E-state index contributed by atoms with van der Waals surface area (Å²) in [6.07, 6.45) is 12.0. The van der Waals surface area contributed by atoms with Gasteiger partial charge in [0.1, 0.15) is 0 Å². The van der Waals surface area contributed by atoms with E-state index in [9.17, 15) is 0 Å². The van der Waals surface area contributed by atoms with Crippen LogP contribution in [0.3, 0.4) is 0 Å². The van der Waals surface area contributed by atoms with Crippen molar-refractivity contribution in [2.24, 2.45) is 5.92 Å². The summed E-state index contributed by atoms with van der Waals surface area (Å²) in [5.41, 5.74) is 1.29. The van der Waals surface area contributed by atoms with Gasteiger partial charge in [-0.1, -0.05) is 32.1 Å². The van der Waals surface area contributed by atoms with Gasteiger partial charge in [0, 0.05) is 11.6 Å². The van der Waals surface area contributed by atoms with Gasteiger partial charge in [0.2, 0.25) is 0 Å². The summed E-state index contributed by atoms with van der Waals surface area (Å²) in [7, 11) is 2.04. The van der Waals surface area contributed by atoms with Crippen LogP contribution in [0.15, 0.2) is 23.0 Å². The summed E-state index contributed by atoms with van der Waals surface area (Å²) in [5, 5.41) is 3.39. The second-order valence-electron chi connectivity index (χ2n) is 4.64. The molecule has 0 spiro atoms. The van der Waals surface area contributed by atoms with Crippen molar-refractivity contribution in [3.8, 4) is 0 Å². The number of nitrogens with one attached hydrogen (secondary N) is 1. The standard InChI is InChI=1S/C13H21NO/c1-14-13(12-7-8-15-10-12)9-11-5-3-2-4-6-11/h7-8,10-11,13-14H,2-6,9H2,1H3. The van der Waals surface area contributed by atoms with Crippen LogP contribution < -0.4 is 5.32 Å². The largest absolute Gasteiger partial charge is 0.472 e. The van der Waals surface area contributed by atoms with Crippen molar-refractivity contribution in [2.75, 3.05) is 7.05 Å². The van der Waals surface area contributed by atoms with Gasteiger partial charge in [0.15, 0.2) is 0 Å². The lowest BCUT2D eigenvalue weighted by molar-refractivity contribution is 0.305. The van der Waals surface area contributed by atoms with E-state index >= 15 is 0 Å². The van der Waals surface area contributed by atoms with E-state index in [0.717, 1.165) is 5.92 Å². The molecule has 0 aromatic carbocycles. The van der Waals surface area contributed by atoms with Crippen molar-refractivity contribution in [1.29, 1.82) is 0 Å². The molecule has 2 nitrogen and oxygen atoms in total. The molecule has 1 aromatic rings. The van der Waals surface area contributed by atoms with Crippen LogP contribution in [0.5, 0.6) is 0 Å². The van der Waals surface area contributed by atoms with Crippen LogP contribution >= 0.6 is 0 Å². The Morgan fingerprint density at radius 1 is 1.40 bits per heavy atom. The molecule has 1 aliphatic carbocycles. The van der Waals surface area contributed by atoms with E-state index in [4.69, 9.17) is 4.42 Å². The fraction of sp³-hybridized carbons (Fsp3) is 0.692. The summed E-state index contributed by atoms with van der Waals surface area (Å²) in [6, 6.07) is 2.55. The van der Waals surface area contributed by atoms with Gasteiger partial charge in [0.05, 0.1) is 12.5 Å². The van der Waals surface area contributed by atoms with Gasteiger partial charge in [-0.15, -0.1) is 0 Å². The van der Waals surface area contributed by atoms with Crippen molar-refractivity contribution >= 4 is 0 Å². The zero-order chi connectivity index (χ0) is 10.5. The molecule has 1 N–H and O–H groups in total. The lowest BCUT2D eigenvalue weighted by Crippen LogP contribution is -2.20. The van der Waals surface area contributed by atoms with Crippen LogP contribution in [0.1, 0.15) is 50.1 Å². The SMILES string of the molecule is CNC(CC1CCCCC1)c1ccoc1. The highest BCUT2D eigenvalue weighted by Crippen LogP contribution is 2.31. The van der Waals surface area contributed by atoms with Gasteiger partial charge in [0.25, 0.3) is 0 Å². The highest BCUT2D eigenvalue weighted by Gasteiger charge is 2.19. The minimum atomic E-state index is 0.479. The van der Waals surface area contributed by atoms with E-state index in [1.54, 1.807) is 6.26 Å². The maximum Gasteiger partial charge on any atom is 0.0950 e. The molecule has 1 aliphatic rings. The Morgan fingerprint density at radius 2 is 2.20 bits per heavy atom. The molecule has 0 amide bonds. The molecule has 2 heteroatoms. The van der Waals surface area contributed by atoms with Crippen LogP contribution in [0.25, 0.3) is 0 Å². The highest BCUT2D eigenvalue weighted by molar-refractivity contribution is 5.11. The van der Waals surface area contributed by atoms with Crippen molar-refractivity contribution < 1.29 is 4.42 Å². The first-order chi connectivity index (χ1) is 7.40. The quantitative estimate of drug-likeness (QED) is 0.817. The Labute approximate surface area is 92.1 Å². The first-order valence-electron chi connectivity index (χ1n) is 6.09. The Bertz CT molecular complexity index is 262. The fourth-order valence-electron chi connectivity index (χ4n) is 2.65. The molecule has 0 saturated heterocycles. The molecular weight excluding hydrogens is 186 g/mol. The smallest absolute Gasteiger partial charge is 0.0950 e. The molecule has 1 saturated carbocycles. The summed E-state index contributed by atoms with van der Waals surface area (Å²) >= 11 is 0. The summed E-state index contributed by atoms with van der Waals surface area (Å²) in [6.45, 7) is 0. The number of hydrogen-bond donors (Lipinski definition) is 1. The predicted octanol–water partition coefficient (Wildman–Crippen LogP) is 3.51. The van der Waals surface area contributed by atoms with Crippen LogP contribution in [-0.4, -0.2) is 7.05 Å². The second-order valence-corrected chi connectivity index (χ2v) is 4.64. The third-order valence-electron chi connectivity index (χ3n) is 3.59. The average molecular weight is 207 g/mol. The van der Waals surface area contributed by atoms with Gasteiger partial charge >= 0.3 is 0 Å². The van der Waals surface area contributed by atoms with E-state index in [1.165, 1.54) is 44.1 Å². The Kier molecular flexibility index (Phi) is 3.84. The molecule has 0 aliphatic heterocycles. The van der Waals surface area contributed by atoms with Crippen LogP contribution in [0.4, 0.5) is 0 Å². The van der Waals surface area contributed by atoms with Crippen LogP contribution in [0.2, 0.25) is 0 Å². The molecule has 0 radical (unpaired) electrons. The monoisotopic (exact) mass is 207 g/mol. The maximum atomic E-state index is 5.15. The zero-order valence-corrected chi connectivity index (χ0v) is 9.54. The fourth-order valence-corrected chi connectivity index (χ4v) is 2.65. The Morgan fingerprint density at radius 3 is 2.80 bits per heavy atom. The Balaban J connectivity index is 1.90. The van der Waals surface area contributed by atoms with Crippen LogP contribution in [0, 0.1) is 5.92 Å². The molecule has 1 heterocycles. The van der Waals surface area contributed by atoms with Crippen molar-refractivity contribution in [2.45, 2.75) is 44.6 Å². The van der Waals surface area contributed by atoms with Gasteiger partial charge in [-0.25, -0.2) is 0 Å². The zero-order valence-electron chi connectivity index (χ0n) is 9.54. The van der Waals surface area contributed by atoms with Gasteiger partial charge in [-0.05, 0) is 25.5 Å². The number of hydrogen-bond acceptors (Lipinski definition) is 2. The van der Waals surface area contributed by atoms with Gasteiger partial charge in [-0.2, -0.15) is 0 Å². The lowest BCUT2D eigenvalue weighted by Gasteiger charge is -2.25. The lowest BCUT2D eigenvalue weighted by atomic mass is 9.84. The summed E-state index contributed by atoms with van der Waals surface area (Å²) in [4.78, 5) is 0. The minimum absolute atomic E-state index is 0.479. The molecule has 1 unspecified atom stereocenters. The molecule has 1 fully saturated rings. The van der Waals surface area contributed by atoms with Crippen molar-refractivity contribution in [3.05, 3.63) is 24.2 Å². The first-order valence-corrected chi connectivity index (χ1v) is 6.09.